The topological polar surface area (TPSA) is 83.7 Å². The van der Waals surface area contributed by atoms with Gasteiger partial charge < -0.3 is 14.8 Å². The van der Waals surface area contributed by atoms with Crippen LogP contribution in [0, 0.1) is 25.2 Å². The number of carbonyl (C=O) groups excluding carboxylic acids is 1. The van der Waals surface area contributed by atoms with Crippen LogP contribution in [0.4, 0.5) is 5.69 Å². The molecule has 1 fully saturated rings. The van der Waals surface area contributed by atoms with E-state index in [1.54, 1.807) is 18.2 Å². The third-order valence-corrected chi connectivity index (χ3v) is 5.57. The van der Waals surface area contributed by atoms with Gasteiger partial charge in [0.15, 0.2) is 23.3 Å². The Hall–Kier alpha value is -2.76. The lowest BCUT2D eigenvalue weighted by molar-refractivity contribution is -0.115. The van der Waals surface area contributed by atoms with Crippen molar-refractivity contribution in [1.82, 2.24) is 5.32 Å². The highest BCUT2D eigenvalue weighted by atomic mass is 79.9. The molecule has 1 heterocycles. The minimum absolute atomic E-state index is 0.0914. The molecule has 1 amide bonds. The number of benzene rings is 2. The van der Waals surface area contributed by atoms with Crippen LogP contribution >= 0.6 is 27.7 Å². The van der Waals surface area contributed by atoms with Crippen molar-refractivity contribution in [2.75, 3.05) is 13.7 Å². The third-order valence-electron chi connectivity index (χ3n) is 4.07. The Balaban J connectivity index is 1.88. The first kappa shape index (κ1) is 21.0. The molecule has 1 N–H and O–H groups in total. The van der Waals surface area contributed by atoms with Gasteiger partial charge in [0, 0.05) is 0 Å². The molecule has 0 radical (unpaired) electrons. The number of rotatable bonds is 5. The number of carbonyl (C=O) groups is 1. The molecule has 0 atom stereocenters. The third kappa shape index (κ3) is 5.00. The Morgan fingerprint density at radius 2 is 2.10 bits per heavy atom. The predicted molar refractivity (Wildman–Crippen MR) is 119 cm³/mol. The second-order valence-corrected chi connectivity index (χ2v) is 8.14. The first-order valence-electron chi connectivity index (χ1n) is 8.65. The Bertz CT molecular complexity index is 1070. The number of nitriles is 1. The van der Waals surface area contributed by atoms with Crippen LogP contribution in [0.3, 0.4) is 0 Å². The summed E-state index contributed by atoms with van der Waals surface area (Å²) in [6.45, 7) is 3.90. The summed E-state index contributed by atoms with van der Waals surface area (Å²) >= 11 is 4.71. The molecule has 148 valence electrons. The van der Waals surface area contributed by atoms with E-state index in [1.165, 1.54) is 18.9 Å². The number of amides is 1. The molecule has 29 heavy (non-hydrogen) atoms. The van der Waals surface area contributed by atoms with Gasteiger partial charge in [0.2, 0.25) is 0 Å². The van der Waals surface area contributed by atoms with Gasteiger partial charge in [-0.15, -0.1) is 0 Å². The van der Waals surface area contributed by atoms with Crippen LogP contribution in [0.25, 0.3) is 6.08 Å². The molecule has 0 bridgehead atoms. The Morgan fingerprint density at radius 3 is 2.83 bits per heavy atom. The second kappa shape index (κ2) is 9.16. The maximum Gasteiger partial charge on any atom is 0.264 e. The van der Waals surface area contributed by atoms with Gasteiger partial charge in [0.05, 0.1) is 22.2 Å². The minimum atomic E-state index is -0.209. The summed E-state index contributed by atoms with van der Waals surface area (Å²) in [7, 11) is 1.52. The molecular weight excluding hydrogens is 454 g/mol. The quantitative estimate of drug-likeness (QED) is 0.628. The number of thioether (sulfide) groups is 1. The summed E-state index contributed by atoms with van der Waals surface area (Å²) in [5, 5.41) is 12.1. The zero-order chi connectivity index (χ0) is 21.0. The predicted octanol–water partition coefficient (Wildman–Crippen LogP) is 4.87. The van der Waals surface area contributed by atoms with Crippen LogP contribution < -0.4 is 14.8 Å². The molecule has 6 nitrogen and oxygen atoms in total. The van der Waals surface area contributed by atoms with Gasteiger partial charge in [-0.3, -0.25) is 4.79 Å². The Morgan fingerprint density at radius 1 is 1.31 bits per heavy atom. The van der Waals surface area contributed by atoms with Crippen molar-refractivity contribution in [3.05, 3.63) is 56.4 Å². The fourth-order valence-corrected chi connectivity index (χ4v) is 4.06. The molecule has 0 saturated carbocycles. The average molecular weight is 472 g/mol. The number of hydrogen-bond acceptors (Lipinski definition) is 6. The number of amidine groups is 1. The molecule has 2 aromatic carbocycles. The number of halogens is 1. The van der Waals surface area contributed by atoms with Crippen LogP contribution in [0.1, 0.15) is 16.7 Å². The molecule has 8 heteroatoms. The Labute approximate surface area is 181 Å². The second-order valence-electron chi connectivity index (χ2n) is 6.25. The van der Waals surface area contributed by atoms with E-state index in [2.05, 4.69) is 26.2 Å². The lowest BCUT2D eigenvalue weighted by Gasteiger charge is -2.11. The number of nitrogens with zero attached hydrogens (tertiary/aromatic N) is 2. The molecule has 2 aromatic rings. The number of methoxy groups -OCH3 is 1. The van der Waals surface area contributed by atoms with Crippen molar-refractivity contribution < 1.29 is 14.3 Å². The smallest absolute Gasteiger partial charge is 0.264 e. The first-order chi connectivity index (χ1) is 13.9. The van der Waals surface area contributed by atoms with E-state index in [0.29, 0.717) is 26.0 Å². The molecule has 3 rings (SSSR count). The van der Waals surface area contributed by atoms with Crippen LogP contribution in [-0.4, -0.2) is 24.8 Å². The summed E-state index contributed by atoms with van der Waals surface area (Å²) in [6, 6.07) is 11.5. The zero-order valence-electron chi connectivity index (χ0n) is 16.1. The lowest BCUT2D eigenvalue weighted by atomic mass is 10.1. The molecule has 0 aliphatic carbocycles. The average Bonchev–Trinajstić information content (AvgIpc) is 3.02. The van der Waals surface area contributed by atoms with Crippen molar-refractivity contribution in [2.45, 2.75) is 13.8 Å². The summed E-state index contributed by atoms with van der Waals surface area (Å²) in [5.74, 6) is 0.699. The van der Waals surface area contributed by atoms with Gasteiger partial charge in [-0.2, -0.15) is 5.26 Å². The molecule has 1 aliphatic rings. The maximum atomic E-state index is 12.4. The summed E-state index contributed by atoms with van der Waals surface area (Å²) in [4.78, 5) is 17.5. The van der Waals surface area contributed by atoms with Gasteiger partial charge >= 0.3 is 0 Å². The lowest BCUT2D eigenvalue weighted by Crippen LogP contribution is -2.19. The van der Waals surface area contributed by atoms with Crippen molar-refractivity contribution in [2.24, 2.45) is 4.99 Å². The van der Waals surface area contributed by atoms with Crippen molar-refractivity contribution in [3.63, 3.8) is 0 Å². The molecule has 0 spiro atoms. The molecule has 0 unspecified atom stereocenters. The largest absolute Gasteiger partial charge is 0.493 e. The van der Waals surface area contributed by atoms with Crippen LogP contribution in [-0.2, 0) is 4.79 Å². The van der Waals surface area contributed by atoms with E-state index >= 15 is 0 Å². The number of aliphatic imine (C=N–C) groups is 1. The molecule has 1 saturated heterocycles. The first-order valence-corrected chi connectivity index (χ1v) is 10.3. The number of ether oxygens (including phenoxy) is 2. The number of hydrogen-bond donors (Lipinski definition) is 1. The molecular formula is C21H18BrN3O3S. The maximum absolute atomic E-state index is 12.4. The van der Waals surface area contributed by atoms with Crippen LogP contribution in [0.15, 0.2) is 44.7 Å². The summed E-state index contributed by atoms with van der Waals surface area (Å²) in [6.07, 6.45) is 1.76. The van der Waals surface area contributed by atoms with E-state index in [9.17, 15) is 4.79 Å². The number of nitrogens with one attached hydrogen (secondary N) is 1. The van der Waals surface area contributed by atoms with Gasteiger partial charge in [-0.1, -0.05) is 12.1 Å². The highest BCUT2D eigenvalue weighted by molar-refractivity contribution is 9.10. The molecule has 1 aliphatic heterocycles. The van der Waals surface area contributed by atoms with E-state index < -0.39 is 0 Å². The normalized spacial score (nSPS) is 16.0. The van der Waals surface area contributed by atoms with Gasteiger partial charge in [0.25, 0.3) is 5.91 Å². The van der Waals surface area contributed by atoms with Crippen molar-refractivity contribution >= 4 is 50.5 Å². The van der Waals surface area contributed by atoms with Crippen LogP contribution in [0.2, 0.25) is 0 Å². The van der Waals surface area contributed by atoms with Crippen molar-refractivity contribution in [3.8, 4) is 17.6 Å². The minimum Gasteiger partial charge on any atom is -0.493 e. The highest BCUT2D eigenvalue weighted by Crippen LogP contribution is 2.38. The van der Waals surface area contributed by atoms with E-state index in [1.807, 2.05) is 38.1 Å². The van der Waals surface area contributed by atoms with Crippen molar-refractivity contribution in [1.29, 1.82) is 5.26 Å². The van der Waals surface area contributed by atoms with Gasteiger partial charge in [-0.25, -0.2) is 4.99 Å². The van der Waals surface area contributed by atoms with E-state index in [0.717, 1.165) is 22.4 Å². The Kier molecular flexibility index (Phi) is 6.62. The highest BCUT2D eigenvalue weighted by Gasteiger charge is 2.24. The standard InChI is InChI=1S/C21H18BrN3O3S/c1-12-4-5-13(2)16(8-12)24-21-25-20(26)18(29-21)11-14-9-15(22)19(28-7-6-23)17(10-14)27-3/h4-5,8-11H,7H2,1-3H3,(H,24,25,26)/b18-11-. The fraction of sp³-hybridized carbons (Fsp3) is 0.190. The van der Waals surface area contributed by atoms with Gasteiger partial charge in [0.1, 0.15) is 6.07 Å². The van der Waals surface area contributed by atoms with Gasteiger partial charge in [-0.05, 0) is 82.5 Å². The zero-order valence-corrected chi connectivity index (χ0v) is 18.5. The van der Waals surface area contributed by atoms with E-state index in [-0.39, 0.29) is 12.5 Å². The summed E-state index contributed by atoms with van der Waals surface area (Å²) < 4.78 is 11.4. The van der Waals surface area contributed by atoms with E-state index in [4.69, 9.17) is 14.7 Å². The SMILES string of the molecule is COc1cc(/C=C2\SC(=Nc3cc(C)ccc3C)NC2=O)cc(Br)c1OCC#N. The fourth-order valence-electron chi connectivity index (χ4n) is 2.65. The molecule has 0 aromatic heterocycles. The number of aryl methyl sites for hydroxylation is 2. The van der Waals surface area contributed by atoms with Crippen LogP contribution in [0.5, 0.6) is 11.5 Å². The summed E-state index contributed by atoms with van der Waals surface area (Å²) in [5.41, 5.74) is 3.73. The monoisotopic (exact) mass is 471 g/mol.